The van der Waals surface area contributed by atoms with E-state index in [9.17, 15) is 30.0 Å². The number of hydrogen-bond acceptors (Lipinski definition) is 9. The van der Waals surface area contributed by atoms with Gasteiger partial charge in [0.05, 0.1) is 34.9 Å². The predicted molar refractivity (Wildman–Crippen MR) is 133 cm³/mol. The lowest BCUT2D eigenvalue weighted by Crippen LogP contribution is -2.69. The molecule has 4 N–H and O–H groups in total. The van der Waals surface area contributed by atoms with Crippen LogP contribution >= 0.6 is 0 Å². The number of carbonyl (C=O) groups excluding carboxylic acids is 2. The largest absolute Gasteiger partial charge is 0.458 e. The molecule has 0 aromatic carbocycles. The van der Waals surface area contributed by atoms with Gasteiger partial charge < -0.3 is 39.4 Å². The van der Waals surface area contributed by atoms with Gasteiger partial charge in [-0.05, 0) is 81.6 Å². The van der Waals surface area contributed by atoms with Crippen molar-refractivity contribution in [2.24, 2.45) is 28.6 Å². The van der Waals surface area contributed by atoms with Gasteiger partial charge in [0.2, 0.25) is 0 Å². The van der Waals surface area contributed by atoms with Crippen molar-refractivity contribution in [3.8, 4) is 0 Å². The first-order valence-electron chi connectivity index (χ1n) is 14.4. The third-order valence-electron chi connectivity index (χ3n) is 11.9. The minimum absolute atomic E-state index is 0.0729. The van der Waals surface area contributed by atoms with Crippen molar-refractivity contribution < 1.29 is 44.2 Å². The van der Waals surface area contributed by atoms with Crippen LogP contribution < -0.4 is 0 Å². The van der Waals surface area contributed by atoms with Crippen molar-refractivity contribution in [2.75, 3.05) is 6.61 Å². The summed E-state index contributed by atoms with van der Waals surface area (Å²) in [5, 5.41) is 44.6. The molecule has 0 bridgehead atoms. The minimum atomic E-state index is -1.24. The summed E-state index contributed by atoms with van der Waals surface area (Å²) in [6.45, 7) is 4.13. The number of carbonyl (C=O) groups is 2. The van der Waals surface area contributed by atoms with Crippen LogP contribution in [-0.2, 0) is 23.8 Å². The zero-order valence-electron chi connectivity index (χ0n) is 22.4. The number of ether oxygens (including phenoxy) is 3. The van der Waals surface area contributed by atoms with Crippen molar-refractivity contribution in [1.29, 1.82) is 0 Å². The molecular weight excluding hydrogens is 492 g/mol. The standard InChI is InChI=1S/C29H42O9/c1-16-25(33)22(31)12-24(37-16)38-18-3-8-27(15-30)20-4-7-26(2)19(17-11-23(32)36-14-17)6-10-29(26,35)21(20)5-9-28(27,34)13-18/h11,15-16,18-22,24-25,31,33-35H,3-10,12-14H2,1-2H3/t16-,18+,19-,20+,21-,22+,24+,25-,26+,27-,28-,29-/m1/s1. The molecule has 5 fully saturated rings. The van der Waals surface area contributed by atoms with E-state index in [0.717, 1.165) is 31.1 Å². The maximum atomic E-state index is 12.9. The summed E-state index contributed by atoms with van der Waals surface area (Å²) in [7, 11) is 0. The van der Waals surface area contributed by atoms with E-state index in [1.807, 2.05) is 0 Å². The summed E-state index contributed by atoms with van der Waals surface area (Å²) in [5.41, 5.74) is -2.60. The van der Waals surface area contributed by atoms with Gasteiger partial charge in [-0.3, -0.25) is 0 Å². The van der Waals surface area contributed by atoms with Crippen LogP contribution in [0.3, 0.4) is 0 Å². The second kappa shape index (κ2) is 9.08. The van der Waals surface area contributed by atoms with Crippen LogP contribution in [0.15, 0.2) is 11.6 Å². The molecule has 2 aliphatic heterocycles. The first kappa shape index (κ1) is 26.8. The Bertz CT molecular complexity index is 1000. The van der Waals surface area contributed by atoms with Crippen molar-refractivity contribution in [3.63, 3.8) is 0 Å². The van der Waals surface area contributed by atoms with E-state index in [4.69, 9.17) is 14.2 Å². The highest BCUT2D eigenvalue weighted by Crippen LogP contribution is 2.70. The number of aliphatic hydroxyl groups excluding tert-OH is 2. The Hall–Kier alpha value is -1.36. The van der Waals surface area contributed by atoms with Crippen molar-refractivity contribution >= 4 is 12.3 Å². The van der Waals surface area contributed by atoms with E-state index in [-0.39, 0.29) is 36.2 Å². The summed E-state index contributed by atoms with van der Waals surface area (Å²) in [6, 6.07) is 0. The van der Waals surface area contributed by atoms with E-state index in [2.05, 4.69) is 6.92 Å². The second-order valence-electron chi connectivity index (χ2n) is 13.3. The number of fused-ring (bicyclic) bond motifs is 5. The van der Waals surface area contributed by atoms with Gasteiger partial charge in [0, 0.05) is 24.3 Å². The van der Waals surface area contributed by atoms with Crippen molar-refractivity contribution in [2.45, 2.75) is 120 Å². The van der Waals surface area contributed by atoms with Gasteiger partial charge in [0.25, 0.3) is 0 Å². The van der Waals surface area contributed by atoms with E-state index in [1.165, 1.54) is 0 Å². The van der Waals surface area contributed by atoms with Crippen LogP contribution in [0.1, 0.15) is 78.1 Å². The predicted octanol–water partition coefficient (Wildman–Crippen LogP) is 1.78. The third kappa shape index (κ3) is 3.65. The first-order valence-corrected chi connectivity index (χ1v) is 14.4. The van der Waals surface area contributed by atoms with Crippen molar-refractivity contribution in [3.05, 3.63) is 11.6 Å². The second-order valence-corrected chi connectivity index (χ2v) is 13.3. The quantitative estimate of drug-likeness (QED) is 0.241. The molecule has 0 aromatic rings. The summed E-state index contributed by atoms with van der Waals surface area (Å²) < 4.78 is 17.1. The Morgan fingerprint density at radius 1 is 1.05 bits per heavy atom. The molecule has 6 aliphatic rings. The lowest BCUT2D eigenvalue weighted by Gasteiger charge is -2.65. The number of aliphatic hydroxyl groups is 4. The lowest BCUT2D eigenvalue weighted by atomic mass is 9.41. The molecule has 1 saturated heterocycles. The van der Waals surface area contributed by atoms with Gasteiger partial charge in [-0.2, -0.15) is 0 Å². The highest BCUT2D eigenvalue weighted by molar-refractivity contribution is 5.85. The number of esters is 1. The van der Waals surface area contributed by atoms with Gasteiger partial charge in [-0.1, -0.05) is 6.92 Å². The molecule has 4 saturated carbocycles. The fourth-order valence-corrected chi connectivity index (χ4v) is 9.76. The van der Waals surface area contributed by atoms with Gasteiger partial charge in [0.1, 0.15) is 19.0 Å². The Labute approximate surface area is 223 Å². The molecule has 0 spiro atoms. The maximum Gasteiger partial charge on any atom is 0.331 e. The highest BCUT2D eigenvalue weighted by Gasteiger charge is 2.71. The fourth-order valence-electron chi connectivity index (χ4n) is 9.76. The molecule has 212 valence electrons. The van der Waals surface area contributed by atoms with Crippen LogP contribution in [0.2, 0.25) is 0 Å². The lowest BCUT2D eigenvalue weighted by molar-refractivity contribution is -0.286. The molecule has 38 heavy (non-hydrogen) atoms. The normalized spacial score (nSPS) is 54.4. The zero-order chi connectivity index (χ0) is 27.1. The number of rotatable bonds is 4. The molecule has 9 nitrogen and oxygen atoms in total. The monoisotopic (exact) mass is 534 g/mol. The maximum absolute atomic E-state index is 12.9. The molecular formula is C29H42O9. The molecule has 12 atom stereocenters. The molecule has 2 heterocycles. The Kier molecular flexibility index (Phi) is 6.41. The molecule has 0 amide bonds. The van der Waals surface area contributed by atoms with Crippen LogP contribution in [0, 0.1) is 28.6 Å². The van der Waals surface area contributed by atoms with E-state index < -0.39 is 46.6 Å². The Balaban J connectivity index is 1.22. The highest BCUT2D eigenvalue weighted by atomic mass is 16.7. The average molecular weight is 535 g/mol. The van der Waals surface area contributed by atoms with E-state index in [1.54, 1.807) is 13.0 Å². The SMILES string of the molecule is C[C@H]1O[C@@H](O[C@H]2CC[C@@]3(C=O)[C@H]4CC[C@@]5(C)[C@@H](C6=CC(=O)OC6)CC[C@@]5(O)[C@@H]4CC[C@@]3(O)C2)C[C@H](O)[C@@H]1O. The zero-order valence-corrected chi connectivity index (χ0v) is 22.4. The molecule has 4 aliphatic carbocycles. The molecule has 0 aromatic heterocycles. The minimum Gasteiger partial charge on any atom is -0.458 e. The number of hydrogen-bond donors (Lipinski definition) is 4. The Morgan fingerprint density at radius 2 is 1.82 bits per heavy atom. The van der Waals surface area contributed by atoms with Gasteiger partial charge in [-0.15, -0.1) is 0 Å². The van der Waals surface area contributed by atoms with E-state index >= 15 is 0 Å². The topological polar surface area (TPSA) is 143 Å². The summed E-state index contributed by atoms with van der Waals surface area (Å²) in [5.74, 6) is -0.473. The summed E-state index contributed by atoms with van der Waals surface area (Å²) in [4.78, 5) is 24.7. The molecule has 9 heteroatoms. The Morgan fingerprint density at radius 3 is 2.50 bits per heavy atom. The summed E-state index contributed by atoms with van der Waals surface area (Å²) in [6.07, 6.45) is 4.50. The van der Waals surface area contributed by atoms with Gasteiger partial charge in [0.15, 0.2) is 6.29 Å². The smallest absolute Gasteiger partial charge is 0.331 e. The summed E-state index contributed by atoms with van der Waals surface area (Å²) >= 11 is 0. The molecule has 0 unspecified atom stereocenters. The molecule has 0 radical (unpaired) electrons. The fraction of sp³-hybridized carbons (Fsp3) is 0.862. The van der Waals surface area contributed by atoms with E-state index in [0.29, 0.717) is 45.1 Å². The molecule has 6 rings (SSSR count). The van der Waals surface area contributed by atoms with Gasteiger partial charge >= 0.3 is 5.97 Å². The third-order valence-corrected chi connectivity index (χ3v) is 11.9. The number of cyclic esters (lactones) is 1. The van der Waals surface area contributed by atoms with Crippen LogP contribution in [0.5, 0.6) is 0 Å². The van der Waals surface area contributed by atoms with Crippen LogP contribution in [0.4, 0.5) is 0 Å². The number of aldehydes is 1. The van der Waals surface area contributed by atoms with Crippen LogP contribution in [-0.4, -0.2) is 81.2 Å². The van der Waals surface area contributed by atoms with Crippen LogP contribution in [0.25, 0.3) is 0 Å². The van der Waals surface area contributed by atoms with Crippen molar-refractivity contribution in [1.82, 2.24) is 0 Å². The van der Waals surface area contributed by atoms with Gasteiger partial charge in [-0.25, -0.2) is 4.79 Å². The first-order chi connectivity index (χ1) is 18.0. The average Bonchev–Trinajstić information content (AvgIpc) is 3.41.